The minimum Gasteiger partial charge on any atom is -0.350 e. The molecule has 0 saturated carbocycles. The molecule has 1 aromatic carbocycles. The van der Waals surface area contributed by atoms with E-state index in [4.69, 9.17) is 0 Å². The summed E-state index contributed by atoms with van der Waals surface area (Å²) in [6.07, 6.45) is 3.38. The molecule has 2 heterocycles. The number of benzene rings is 1. The highest BCUT2D eigenvalue weighted by molar-refractivity contribution is 7.22. The fourth-order valence-electron chi connectivity index (χ4n) is 2.42. The van der Waals surface area contributed by atoms with E-state index in [1.54, 1.807) is 30.7 Å². The van der Waals surface area contributed by atoms with E-state index >= 15 is 0 Å². The topological polar surface area (TPSA) is 82.5 Å². The molecule has 0 aliphatic carbocycles. The second-order valence-corrected chi connectivity index (χ2v) is 7.88. The van der Waals surface area contributed by atoms with E-state index in [0.717, 1.165) is 33.3 Å². The lowest BCUT2D eigenvalue weighted by molar-refractivity contribution is -0.121. The van der Waals surface area contributed by atoms with Gasteiger partial charge in [-0.05, 0) is 32.9 Å². The Morgan fingerprint density at radius 2 is 2.07 bits per heavy atom. The third-order valence-electron chi connectivity index (χ3n) is 3.94. The average molecular weight is 403 g/mol. The summed E-state index contributed by atoms with van der Waals surface area (Å²) in [7, 11) is 0. The molecular weight excluding hydrogens is 380 g/mol. The molecule has 0 aliphatic heterocycles. The first-order valence-corrected chi connectivity index (χ1v) is 10.4. The summed E-state index contributed by atoms with van der Waals surface area (Å²) in [5, 5.41) is 8.83. The van der Waals surface area contributed by atoms with Gasteiger partial charge in [0.05, 0.1) is 21.3 Å². The molecule has 0 saturated heterocycles. The number of carbonyl (C=O) groups excluding carboxylic acids is 1. The standard InChI is InChI=1S/C18H22N6OS2/c1-4-24(5-2)18-19-10-13(26-18)11-20-23-16(25)12(3)21-17-22-14-8-6-7-9-15(14)27-17/h6-12H,4-5H2,1-3H3,(H,21,22)(H,23,25)/b20-11-/t12-/m1/s1. The van der Waals surface area contributed by atoms with Gasteiger partial charge in [-0.2, -0.15) is 5.10 Å². The first-order valence-electron chi connectivity index (χ1n) is 8.76. The molecule has 3 aromatic rings. The van der Waals surface area contributed by atoms with Gasteiger partial charge in [0.15, 0.2) is 10.3 Å². The molecule has 3 rings (SSSR count). The molecule has 0 bridgehead atoms. The highest BCUT2D eigenvalue weighted by Crippen LogP contribution is 2.25. The first kappa shape index (κ1) is 19.2. The van der Waals surface area contributed by atoms with Crippen LogP contribution in [0.5, 0.6) is 0 Å². The van der Waals surface area contributed by atoms with Crippen LogP contribution in [0.1, 0.15) is 25.6 Å². The molecule has 9 heteroatoms. The van der Waals surface area contributed by atoms with Crippen LogP contribution in [0.25, 0.3) is 10.2 Å². The van der Waals surface area contributed by atoms with Crippen LogP contribution < -0.4 is 15.6 Å². The van der Waals surface area contributed by atoms with Crippen LogP contribution in [0.15, 0.2) is 35.6 Å². The minimum absolute atomic E-state index is 0.223. The second-order valence-electron chi connectivity index (χ2n) is 5.80. The smallest absolute Gasteiger partial charge is 0.262 e. The number of nitrogens with one attached hydrogen (secondary N) is 2. The van der Waals surface area contributed by atoms with Gasteiger partial charge < -0.3 is 10.2 Å². The second kappa shape index (κ2) is 8.92. The van der Waals surface area contributed by atoms with Crippen LogP contribution in [0.2, 0.25) is 0 Å². The van der Waals surface area contributed by atoms with Gasteiger partial charge in [-0.1, -0.05) is 34.8 Å². The molecule has 7 nitrogen and oxygen atoms in total. The maximum atomic E-state index is 12.2. The number of para-hydroxylation sites is 1. The van der Waals surface area contributed by atoms with Crippen LogP contribution in [0.3, 0.4) is 0 Å². The molecule has 27 heavy (non-hydrogen) atoms. The predicted octanol–water partition coefficient (Wildman–Crippen LogP) is 3.55. The summed E-state index contributed by atoms with van der Waals surface area (Å²) >= 11 is 3.07. The van der Waals surface area contributed by atoms with Crippen LogP contribution in [-0.4, -0.2) is 41.2 Å². The zero-order valence-corrected chi connectivity index (χ0v) is 17.1. The molecule has 142 valence electrons. The average Bonchev–Trinajstić information content (AvgIpc) is 3.29. The summed E-state index contributed by atoms with van der Waals surface area (Å²) in [6.45, 7) is 7.79. The van der Waals surface area contributed by atoms with E-state index in [1.807, 2.05) is 24.3 Å². The number of aromatic nitrogens is 2. The Labute approximate surface area is 166 Å². The van der Waals surface area contributed by atoms with Gasteiger partial charge in [0, 0.05) is 19.3 Å². The molecule has 2 aromatic heterocycles. The van der Waals surface area contributed by atoms with Gasteiger partial charge >= 0.3 is 0 Å². The molecule has 0 fully saturated rings. The third-order valence-corrected chi connectivity index (χ3v) is 5.90. The van der Waals surface area contributed by atoms with Gasteiger partial charge in [0.25, 0.3) is 5.91 Å². The van der Waals surface area contributed by atoms with Gasteiger partial charge in [-0.15, -0.1) is 0 Å². The molecule has 2 N–H and O–H groups in total. The Balaban J connectivity index is 1.54. The maximum Gasteiger partial charge on any atom is 0.262 e. The van der Waals surface area contributed by atoms with E-state index in [1.165, 1.54) is 11.3 Å². The number of fused-ring (bicyclic) bond motifs is 1. The summed E-state index contributed by atoms with van der Waals surface area (Å²) in [5.74, 6) is -0.223. The molecule has 0 spiro atoms. The molecule has 0 aliphatic rings. The lowest BCUT2D eigenvalue weighted by atomic mass is 10.3. The van der Waals surface area contributed by atoms with Crippen molar-refractivity contribution in [1.29, 1.82) is 0 Å². The normalized spacial score (nSPS) is 12.4. The molecule has 0 radical (unpaired) electrons. The number of nitrogens with zero attached hydrogens (tertiary/aromatic N) is 4. The van der Waals surface area contributed by atoms with E-state index in [2.05, 4.69) is 44.6 Å². The minimum atomic E-state index is -0.449. The van der Waals surface area contributed by atoms with Crippen molar-refractivity contribution in [2.45, 2.75) is 26.8 Å². The molecule has 1 atom stereocenters. The van der Waals surface area contributed by atoms with Gasteiger partial charge in [0.2, 0.25) is 0 Å². The fraction of sp³-hybridized carbons (Fsp3) is 0.333. The lowest BCUT2D eigenvalue weighted by Crippen LogP contribution is -2.34. The van der Waals surface area contributed by atoms with Crippen molar-refractivity contribution in [1.82, 2.24) is 15.4 Å². The first-order chi connectivity index (χ1) is 13.1. The number of hydrogen-bond acceptors (Lipinski definition) is 8. The Kier molecular flexibility index (Phi) is 6.36. The highest BCUT2D eigenvalue weighted by atomic mass is 32.1. The van der Waals surface area contributed by atoms with Crippen molar-refractivity contribution in [2.75, 3.05) is 23.3 Å². The van der Waals surface area contributed by atoms with E-state index in [0.29, 0.717) is 5.13 Å². The number of carbonyl (C=O) groups is 1. The number of anilines is 2. The third kappa shape index (κ3) is 4.81. The van der Waals surface area contributed by atoms with Gasteiger partial charge in [-0.25, -0.2) is 15.4 Å². The summed E-state index contributed by atoms with van der Waals surface area (Å²) < 4.78 is 1.08. The highest BCUT2D eigenvalue weighted by Gasteiger charge is 2.14. The number of hydrazone groups is 1. The Morgan fingerprint density at radius 3 is 2.81 bits per heavy atom. The van der Waals surface area contributed by atoms with Crippen molar-refractivity contribution in [3.8, 4) is 0 Å². The maximum absolute atomic E-state index is 12.2. The Morgan fingerprint density at radius 1 is 1.30 bits per heavy atom. The monoisotopic (exact) mass is 402 g/mol. The SMILES string of the molecule is CCN(CC)c1ncc(/C=N\NC(=O)[C@@H](C)Nc2nc3ccccc3s2)s1. The molecular formula is C18H22N6OS2. The van der Waals surface area contributed by atoms with Crippen LogP contribution >= 0.6 is 22.7 Å². The summed E-state index contributed by atoms with van der Waals surface area (Å²) in [4.78, 5) is 24.2. The molecule has 0 unspecified atom stereocenters. The molecule has 1 amide bonds. The van der Waals surface area contributed by atoms with Crippen molar-refractivity contribution in [3.63, 3.8) is 0 Å². The van der Waals surface area contributed by atoms with Crippen molar-refractivity contribution >= 4 is 55.3 Å². The summed E-state index contributed by atoms with van der Waals surface area (Å²) in [5.41, 5.74) is 3.48. The number of thiazole rings is 2. The van der Waals surface area contributed by atoms with Crippen molar-refractivity contribution in [2.24, 2.45) is 5.10 Å². The van der Waals surface area contributed by atoms with Crippen LogP contribution in [0.4, 0.5) is 10.3 Å². The van der Waals surface area contributed by atoms with E-state index in [-0.39, 0.29) is 5.91 Å². The predicted molar refractivity (Wildman–Crippen MR) is 114 cm³/mol. The summed E-state index contributed by atoms with van der Waals surface area (Å²) in [6, 6.07) is 7.43. The lowest BCUT2D eigenvalue weighted by Gasteiger charge is -2.16. The zero-order valence-electron chi connectivity index (χ0n) is 15.5. The van der Waals surface area contributed by atoms with Crippen molar-refractivity contribution < 1.29 is 4.79 Å². The van der Waals surface area contributed by atoms with Crippen LogP contribution in [0, 0.1) is 0 Å². The number of amides is 1. The van der Waals surface area contributed by atoms with Crippen LogP contribution in [-0.2, 0) is 4.79 Å². The van der Waals surface area contributed by atoms with Crippen molar-refractivity contribution in [3.05, 3.63) is 35.3 Å². The van der Waals surface area contributed by atoms with E-state index < -0.39 is 6.04 Å². The quantitative estimate of drug-likeness (QED) is 0.445. The zero-order chi connectivity index (χ0) is 19.2. The Bertz CT molecular complexity index is 898. The number of rotatable bonds is 8. The fourth-order valence-corrected chi connectivity index (χ4v) is 4.29. The largest absolute Gasteiger partial charge is 0.350 e. The number of hydrogen-bond donors (Lipinski definition) is 2. The van der Waals surface area contributed by atoms with Gasteiger partial charge in [0.1, 0.15) is 6.04 Å². The Hall–Kier alpha value is -2.52. The van der Waals surface area contributed by atoms with Gasteiger partial charge in [-0.3, -0.25) is 4.79 Å². The van der Waals surface area contributed by atoms with E-state index in [9.17, 15) is 4.79 Å².